The monoisotopic (exact) mass is 367 g/mol. The molecule has 2 aromatic rings. The molecule has 0 bridgehead atoms. The minimum atomic E-state index is -0.485. The Labute approximate surface area is 157 Å². The third-order valence-corrected chi connectivity index (χ3v) is 3.90. The number of carbonyl (C=O) groups is 2. The molecule has 1 N–H and O–H groups in total. The number of nitrogens with zero attached hydrogens (tertiary/aromatic N) is 2. The van der Waals surface area contributed by atoms with Crippen molar-refractivity contribution in [2.75, 3.05) is 13.1 Å². The van der Waals surface area contributed by atoms with Gasteiger partial charge in [0.1, 0.15) is 0 Å². The fraction of sp³-hybridized carbons (Fsp3) is 0.200. The predicted molar refractivity (Wildman–Crippen MR) is 103 cm³/mol. The highest BCUT2D eigenvalue weighted by atomic mass is 16.6. The average molecular weight is 367 g/mol. The first-order valence-electron chi connectivity index (χ1n) is 8.51. The SMILES string of the molecule is CCN(Cc1ccccc1)C(=O)CNC(=O)/C=C/c1ccc([N+](=O)[O-])cc1. The minimum absolute atomic E-state index is 0.0136. The van der Waals surface area contributed by atoms with Crippen LogP contribution in [-0.2, 0) is 16.1 Å². The van der Waals surface area contributed by atoms with Gasteiger partial charge in [0.15, 0.2) is 0 Å². The summed E-state index contributed by atoms with van der Waals surface area (Å²) >= 11 is 0. The summed E-state index contributed by atoms with van der Waals surface area (Å²) in [6.07, 6.45) is 2.83. The van der Waals surface area contributed by atoms with E-state index in [2.05, 4.69) is 5.32 Å². The molecule has 0 radical (unpaired) electrons. The first-order chi connectivity index (χ1) is 13.0. The lowest BCUT2D eigenvalue weighted by Gasteiger charge is -2.21. The van der Waals surface area contributed by atoms with E-state index in [4.69, 9.17) is 0 Å². The first-order valence-corrected chi connectivity index (χ1v) is 8.51. The quantitative estimate of drug-likeness (QED) is 0.441. The van der Waals surface area contributed by atoms with Crippen molar-refractivity contribution < 1.29 is 14.5 Å². The summed E-state index contributed by atoms with van der Waals surface area (Å²) in [5.41, 5.74) is 1.67. The van der Waals surface area contributed by atoms with Crippen LogP contribution in [0.25, 0.3) is 6.08 Å². The van der Waals surface area contributed by atoms with Crippen LogP contribution in [0.2, 0.25) is 0 Å². The van der Waals surface area contributed by atoms with Crippen molar-refractivity contribution in [2.45, 2.75) is 13.5 Å². The van der Waals surface area contributed by atoms with Gasteiger partial charge in [-0.2, -0.15) is 0 Å². The van der Waals surface area contributed by atoms with Crippen LogP contribution in [0.1, 0.15) is 18.1 Å². The van der Waals surface area contributed by atoms with E-state index in [1.807, 2.05) is 37.3 Å². The maximum atomic E-state index is 12.3. The van der Waals surface area contributed by atoms with Crippen LogP contribution in [0.4, 0.5) is 5.69 Å². The zero-order valence-electron chi connectivity index (χ0n) is 15.0. The van der Waals surface area contributed by atoms with Crippen LogP contribution in [0.5, 0.6) is 0 Å². The number of nitrogens with one attached hydrogen (secondary N) is 1. The Morgan fingerprint density at radius 3 is 2.37 bits per heavy atom. The number of carbonyl (C=O) groups excluding carboxylic acids is 2. The minimum Gasteiger partial charge on any atom is -0.343 e. The number of non-ortho nitro benzene ring substituents is 1. The lowest BCUT2D eigenvalue weighted by Crippen LogP contribution is -2.39. The lowest BCUT2D eigenvalue weighted by atomic mass is 10.2. The van der Waals surface area contributed by atoms with Gasteiger partial charge in [0, 0.05) is 31.3 Å². The molecular formula is C20H21N3O4. The summed E-state index contributed by atoms with van der Waals surface area (Å²) in [5.74, 6) is -0.573. The Bertz CT molecular complexity index is 817. The van der Waals surface area contributed by atoms with Gasteiger partial charge in [0.2, 0.25) is 11.8 Å². The Hall–Kier alpha value is -3.48. The average Bonchev–Trinajstić information content (AvgIpc) is 2.69. The zero-order valence-corrected chi connectivity index (χ0v) is 15.0. The number of amides is 2. The summed E-state index contributed by atoms with van der Waals surface area (Å²) in [6, 6.07) is 15.5. The molecule has 0 aliphatic rings. The number of hydrogen-bond donors (Lipinski definition) is 1. The fourth-order valence-corrected chi connectivity index (χ4v) is 2.39. The highest BCUT2D eigenvalue weighted by molar-refractivity contribution is 5.94. The van der Waals surface area contributed by atoms with E-state index < -0.39 is 10.8 Å². The summed E-state index contributed by atoms with van der Waals surface area (Å²) in [5, 5.41) is 13.2. The van der Waals surface area contributed by atoms with E-state index in [0.717, 1.165) is 5.56 Å². The van der Waals surface area contributed by atoms with Gasteiger partial charge >= 0.3 is 0 Å². The molecule has 0 atom stereocenters. The highest BCUT2D eigenvalue weighted by Gasteiger charge is 2.12. The van der Waals surface area contributed by atoms with Gasteiger partial charge in [0.25, 0.3) is 5.69 Å². The molecule has 27 heavy (non-hydrogen) atoms. The molecule has 0 saturated heterocycles. The Morgan fingerprint density at radius 1 is 1.11 bits per heavy atom. The van der Waals surface area contributed by atoms with Crippen molar-refractivity contribution in [1.29, 1.82) is 0 Å². The molecule has 0 fully saturated rings. The van der Waals surface area contributed by atoms with E-state index in [1.54, 1.807) is 17.0 Å². The number of hydrogen-bond acceptors (Lipinski definition) is 4. The van der Waals surface area contributed by atoms with E-state index >= 15 is 0 Å². The van der Waals surface area contributed by atoms with Crippen LogP contribution in [0.15, 0.2) is 60.7 Å². The molecule has 0 unspecified atom stereocenters. The molecule has 0 saturated carbocycles. The fourth-order valence-electron chi connectivity index (χ4n) is 2.39. The van der Waals surface area contributed by atoms with Crippen molar-refractivity contribution in [1.82, 2.24) is 10.2 Å². The number of benzene rings is 2. The second kappa shape index (κ2) is 9.86. The first kappa shape index (κ1) is 19.8. The van der Waals surface area contributed by atoms with Crippen LogP contribution >= 0.6 is 0 Å². The summed E-state index contributed by atoms with van der Waals surface area (Å²) < 4.78 is 0. The van der Waals surface area contributed by atoms with Crippen molar-refractivity contribution in [3.8, 4) is 0 Å². The normalized spacial score (nSPS) is 10.6. The van der Waals surface area contributed by atoms with Crippen molar-refractivity contribution in [3.63, 3.8) is 0 Å². The second-order valence-corrected chi connectivity index (χ2v) is 5.79. The predicted octanol–water partition coefficient (Wildman–Crippen LogP) is 2.77. The van der Waals surface area contributed by atoms with Crippen LogP contribution in [-0.4, -0.2) is 34.7 Å². The van der Waals surface area contributed by atoms with E-state index in [9.17, 15) is 19.7 Å². The topological polar surface area (TPSA) is 92.6 Å². The Balaban J connectivity index is 1.84. The molecule has 0 aliphatic heterocycles. The molecule has 7 heteroatoms. The maximum absolute atomic E-state index is 12.3. The van der Waals surface area contributed by atoms with E-state index in [0.29, 0.717) is 18.7 Å². The van der Waals surface area contributed by atoms with E-state index in [1.165, 1.54) is 24.3 Å². The molecule has 140 valence electrons. The van der Waals surface area contributed by atoms with Crippen molar-refractivity contribution >= 4 is 23.6 Å². The van der Waals surface area contributed by atoms with Crippen molar-refractivity contribution in [2.24, 2.45) is 0 Å². The highest BCUT2D eigenvalue weighted by Crippen LogP contribution is 2.12. The van der Waals surface area contributed by atoms with E-state index in [-0.39, 0.29) is 18.1 Å². The molecule has 2 aromatic carbocycles. The van der Waals surface area contributed by atoms with Gasteiger partial charge in [-0.25, -0.2) is 0 Å². The Kier molecular flexibility index (Phi) is 7.25. The molecule has 0 heterocycles. The van der Waals surface area contributed by atoms with Crippen LogP contribution in [0.3, 0.4) is 0 Å². The second-order valence-electron chi connectivity index (χ2n) is 5.79. The molecule has 0 spiro atoms. The summed E-state index contributed by atoms with van der Waals surface area (Å²) in [7, 11) is 0. The Morgan fingerprint density at radius 2 is 1.78 bits per heavy atom. The molecule has 0 aliphatic carbocycles. The molecule has 7 nitrogen and oxygen atoms in total. The van der Waals surface area contributed by atoms with Gasteiger partial charge in [-0.15, -0.1) is 0 Å². The number of rotatable bonds is 8. The number of nitro benzene ring substituents is 1. The third kappa shape index (κ3) is 6.39. The maximum Gasteiger partial charge on any atom is 0.269 e. The number of likely N-dealkylation sites (N-methyl/N-ethyl adjacent to an activating group) is 1. The standard InChI is InChI=1S/C20H21N3O4/c1-2-22(15-17-6-4-3-5-7-17)20(25)14-21-19(24)13-10-16-8-11-18(12-9-16)23(26)27/h3-13H,2,14-15H2,1H3,(H,21,24)/b13-10+. The molecule has 2 rings (SSSR count). The summed E-state index contributed by atoms with van der Waals surface area (Å²) in [6.45, 7) is 2.83. The van der Waals surface area contributed by atoms with Gasteiger partial charge in [-0.3, -0.25) is 19.7 Å². The zero-order chi connectivity index (χ0) is 19.6. The summed E-state index contributed by atoms with van der Waals surface area (Å²) in [4.78, 5) is 36.0. The third-order valence-electron chi connectivity index (χ3n) is 3.90. The van der Waals surface area contributed by atoms with Gasteiger partial charge in [-0.1, -0.05) is 30.3 Å². The van der Waals surface area contributed by atoms with Gasteiger partial charge in [0.05, 0.1) is 11.5 Å². The molecule has 2 amide bonds. The largest absolute Gasteiger partial charge is 0.343 e. The molecule has 0 aromatic heterocycles. The van der Waals surface area contributed by atoms with Crippen LogP contribution in [0, 0.1) is 10.1 Å². The molecular weight excluding hydrogens is 346 g/mol. The number of nitro groups is 1. The van der Waals surface area contributed by atoms with Gasteiger partial charge in [-0.05, 0) is 36.3 Å². The smallest absolute Gasteiger partial charge is 0.269 e. The lowest BCUT2D eigenvalue weighted by molar-refractivity contribution is -0.384. The van der Waals surface area contributed by atoms with Crippen LogP contribution < -0.4 is 5.32 Å². The van der Waals surface area contributed by atoms with Crippen molar-refractivity contribution in [3.05, 3.63) is 81.9 Å². The van der Waals surface area contributed by atoms with Gasteiger partial charge < -0.3 is 10.2 Å².